The summed E-state index contributed by atoms with van der Waals surface area (Å²) in [4.78, 5) is 0. The molecule has 0 aromatic heterocycles. The van der Waals surface area contributed by atoms with E-state index in [-0.39, 0.29) is 17.6 Å². The van der Waals surface area contributed by atoms with Crippen molar-refractivity contribution in [3.63, 3.8) is 0 Å². The predicted molar refractivity (Wildman–Crippen MR) is 73.6 cm³/mol. The maximum atomic E-state index is 6.13. The molecule has 0 saturated carbocycles. The molecule has 0 fully saturated rings. The monoisotopic (exact) mass is 255 g/mol. The first kappa shape index (κ1) is 14.3. The third-order valence-corrected chi connectivity index (χ3v) is 3.04. The van der Waals surface area contributed by atoms with Gasteiger partial charge in [0.25, 0.3) is 0 Å². The molecule has 1 aromatic rings. The Balaban J connectivity index is 2.83. The molecule has 0 aliphatic carbocycles. The highest BCUT2D eigenvalue weighted by atomic mass is 35.5. The van der Waals surface area contributed by atoms with Gasteiger partial charge in [0.1, 0.15) is 11.9 Å². The van der Waals surface area contributed by atoms with Gasteiger partial charge in [0.05, 0.1) is 0 Å². The van der Waals surface area contributed by atoms with Crippen LogP contribution in [0.3, 0.4) is 0 Å². The number of ether oxygens (including phenoxy) is 1. The van der Waals surface area contributed by atoms with Crippen molar-refractivity contribution in [1.82, 2.24) is 0 Å². The highest BCUT2D eigenvalue weighted by molar-refractivity contribution is 6.30. The molecule has 0 aliphatic rings. The number of hydrogen-bond acceptors (Lipinski definition) is 2. The van der Waals surface area contributed by atoms with Crippen molar-refractivity contribution in [3.05, 3.63) is 29.3 Å². The van der Waals surface area contributed by atoms with Crippen molar-refractivity contribution in [1.29, 1.82) is 0 Å². The summed E-state index contributed by atoms with van der Waals surface area (Å²) in [6, 6.07) is 7.44. The van der Waals surface area contributed by atoms with E-state index in [0.29, 0.717) is 5.02 Å². The fourth-order valence-electron chi connectivity index (χ4n) is 1.78. The average Bonchev–Trinajstić information content (AvgIpc) is 2.25. The van der Waals surface area contributed by atoms with Gasteiger partial charge in [0.2, 0.25) is 0 Å². The van der Waals surface area contributed by atoms with Crippen molar-refractivity contribution < 1.29 is 4.74 Å². The Morgan fingerprint density at radius 3 is 2.18 bits per heavy atom. The Hall–Kier alpha value is -0.730. The molecule has 0 saturated heterocycles. The SMILES string of the molecule is CCC(N)C(Oc1ccc(Cl)cc1)C(C)(C)C. The van der Waals surface area contributed by atoms with E-state index in [0.717, 1.165) is 12.2 Å². The van der Waals surface area contributed by atoms with Crippen LogP contribution in [0.4, 0.5) is 0 Å². The van der Waals surface area contributed by atoms with Gasteiger partial charge in [-0.05, 0) is 30.7 Å². The maximum Gasteiger partial charge on any atom is 0.119 e. The molecule has 0 radical (unpaired) electrons. The van der Waals surface area contributed by atoms with E-state index in [4.69, 9.17) is 22.1 Å². The van der Waals surface area contributed by atoms with Gasteiger partial charge in [0.15, 0.2) is 0 Å². The average molecular weight is 256 g/mol. The molecule has 17 heavy (non-hydrogen) atoms. The minimum absolute atomic E-state index is 0.00586. The molecular weight excluding hydrogens is 234 g/mol. The number of benzene rings is 1. The van der Waals surface area contributed by atoms with E-state index in [1.165, 1.54) is 0 Å². The number of hydrogen-bond donors (Lipinski definition) is 1. The number of nitrogens with two attached hydrogens (primary N) is 1. The van der Waals surface area contributed by atoms with Crippen molar-refractivity contribution in [3.8, 4) is 5.75 Å². The lowest BCUT2D eigenvalue weighted by molar-refractivity contribution is 0.0622. The molecule has 2 atom stereocenters. The lowest BCUT2D eigenvalue weighted by Gasteiger charge is -2.35. The fraction of sp³-hybridized carbons (Fsp3) is 0.571. The smallest absolute Gasteiger partial charge is 0.119 e. The Bertz CT molecular complexity index is 342. The molecule has 2 N–H and O–H groups in total. The first-order chi connectivity index (χ1) is 7.84. The molecule has 1 rings (SSSR count). The molecule has 0 aliphatic heterocycles. The first-order valence-electron chi connectivity index (χ1n) is 6.02. The van der Waals surface area contributed by atoms with E-state index in [9.17, 15) is 0 Å². The van der Waals surface area contributed by atoms with Crippen molar-refractivity contribution >= 4 is 11.6 Å². The van der Waals surface area contributed by atoms with Gasteiger partial charge >= 0.3 is 0 Å². The van der Waals surface area contributed by atoms with E-state index in [2.05, 4.69) is 27.7 Å². The van der Waals surface area contributed by atoms with Gasteiger partial charge in [-0.25, -0.2) is 0 Å². The Morgan fingerprint density at radius 1 is 1.24 bits per heavy atom. The summed E-state index contributed by atoms with van der Waals surface area (Å²) in [6.45, 7) is 8.50. The summed E-state index contributed by atoms with van der Waals surface area (Å²) in [5, 5.41) is 0.712. The summed E-state index contributed by atoms with van der Waals surface area (Å²) >= 11 is 5.85. The van der Waals surface area contributed by atoms with Crippen molar-refractivity contribution in [2.75, 3.05) is 0 Å². The van der Waals surface area contributed by atoms with Crippen molar-refractivity contribution in [2.45, 2.75) is 46.3 Å². The molecule has 0 spiro atoms. The van der Waals surface area contributed by atoms with Crippen LogP contribution in [0.5, 0.6) is 5.75 Å². The largest absolute Gasteiger partial charge is 0.488 e. The first-order valence-corrected chi connectivity index (χ1v) is 6.40. The lowest BCUT2D eigenvalue weighted by atomic mass is 9.84. The molecule has 2 nitrogen and oxygen atoms in total. The lowest BCUT2D eigenvalue weighted by Crippen LogP contribution is -2.47. The van der Waals surface area contributed by atoms with E-state index in [1.54, 1.807) is 0 Å². The maximum absolute atomic E-state index is 6.13. The Morgan fingerprint density at radius 2 is 1.76 bits per heavy atom. The molecule has 3 heteroatoms. The zero-order chi connectivity index (χ0) is 13.1. The predicted octanol–water partition coefficient (Wildman–Crippen LogP) is 3.87. The topological polar surface area (TPSA) is 35.2 Å². The second-order valence-corrected chi connectivity index (χ2v) is 5.87. The second kappa shape index (κ2) is 5.74. The third-order valence-electron chi connectivity index (χ3n) is 2.79. The Labute approximate surface area is 109 Å². The minimum Gasteiger partial charge on any atom is -0.488 e. The summed E-state index contributed by atoms with van der Waals surface area (Å²) in [5.41, 5.74) is 6.14. The van der Waals surface area contributed by atoms with Crippen LogP contribution in [-0.2, 0) is 0 Å². The van der Waals surface area contributed by atoms with E-state index >= 15 is 0 Å². The number of halogens is 1. The van der Waals surface area contributed by atoms with Gasteiger partial charge in [-0.2, -0.15) is 0 Å². The van der Waals surface area contributed by atoms with Gasteiger partial charge in [0, 0.05) is 16.5 Å². The van der Waals surface area contributed by atoms with Crippen LogP contribution in [0.1, 0.15) is 34.1 Å². The minimum atomic E-state index is -0.00586. The fourth-order valence-corrected chi connectivity index (χ4v) is 1.91. The molecule has 0 amide bonds. The summed E-state index contributed by atoms with van der Waals surface area (Å²) < 4.78 is 6.00. The normalized spacial score (nSPS) is 15.4. The Kier molecular flexibility index (Phi) is 4.84. The standard InChI is InChI=1S/C14H22ClNO/c1-5-12(16)13(14(2,3)4)17-11-8-6-10(15)7-9-11/h6-9,12-13H,5,16H2,1-4H3. The molecule has 1 aromatic carbocycles. The zero-order valence-electron chi connectivity index (χ0n) is 11.0. The van der Waals surface area contributed by atoms with E-state index < -0.39 is 0 Å². The van der Waals surface area contributed by atoms with Crippen LogP contribution < -0.4 is 10.5 Å². The summed E-state index contributed by atoms with van der Waals surface area (Å²) in [7, 11) is 0. The van der Waals surface area contributed by atoms with Gasteiger partial charge in [-0.15, -0.1) is 0 Å². The molecule has 96 valence electrons. The quantitative estimate of drug-likeness (QED) is 0.887. The van der Waals surface area contributed by atoms with Gasteiger partial charge in [-0.1, -0.05) is 39.3 Å². The highest BCUT2D eigenvalue weighted by Gasteiger charge is 2.31. The van der Waals surface area contributed by atoms with Crippen LogP contribution in [0.2, 0.25) is 5.02 Å². The second-order valence-electron chi connectivity index (χ2n) is 5.43. The van der Waals surface area contributed by atoms with Crippen molar-refractivity contribution in [2.24, 2.45) is 11.1 Å². The number of rotatable bonds is 4. The zero-order valence-corrected chi connectivity index (χ0v) is 11.8. The van der Waals surface area contributed by atoms with E-state index in [1.807, 2.05) is 24.3 Å². The van der Waals surface area contributed by atoms with Crippen LogP contribution in [0, 0.1) is 5.41 Å². The molecule has 0 bridgehead atoms. The van der Waals surface area contributed by atoms with Crippen LogP contribution in [0.25, 0.3) is 0 Å². The molecule has 2 unspecified atom stereocenters. The summed E-state index contributed by atoms with van der Waals surface area (Å²) in [5.74, 6) is 0.818. The molecule has 0 heterocycles. The molecular formula is C14H22ClNO. The van der Waals surface area contributed by atoms with Crippen LogP contribution in [0.15, 0.2) is 24.3 Å². The third kappa shape index (κ3) is 4.21. The van der Waals surface area contributed by atoms with Crippen LogP contribution >= 0.6 is 11.6 Å². The van der Waals surface area contributed by atoms with Gasteiger partial charge in [-0.3, -0.25) is 0 Å². The highest BCUT2D eigenvalue weighted by Crippen LogP contribution is 2.28. The van der Waals surface area contributed by atoms with Crippen LogP contribution in [-0.4, -0.2) is 12.1 Å². The summed E-state index contributed by atoms with van der Waals surface area (Å²) in [6.07, 6.45) is 0.892. The van der Waals surface area contributed by atoms with Gasteiger partial charge < -0.3 is 10.5 Å².